The summed E-state index contributed by atoms with van der Waals surface area (Å²) in [6.45, 7) is 2.00. The largest absolute Gasteiger partial charge is 0.481 e. The lowest BCUT2D eigenvalue weighted by atomic mass is 9.98. The molecule has 1 aromatic heterocycles. The van der Waals surface area contributed by atoms with E-state index < -0.39 is 18.0 Å². The molecular weight excluding hydrogens is 550 g/mol. The van der Waals surface area contributed by atoms with Crippen LogP contribution in [0.15, 0.2) is 78.9 Å². The molecule has 4 aromatic carbocycles. The highest BCUT2D eigenvalue weighted by atomic mass is 32.1. The molecule has 0 unspecified atom stereocenters. The van der Waals surface area contributed by atoms with Crippen molar-refractivity contribution in [2.24, 2.45) is 0 Å². The van der Waals surface area contributed by atoms with Crippen LogP contribution < -0.4 is 15.4 Å². The molecule has 0 spiro atoms. The maximum atomic E-state index is 12.9. The van der Waals surface area contributed by atoms with Crippen molar-refractivity contribution in [3.8, 4) is 16.9 Å². The van der Waals surface area contributed by atoms with E-state index in [9.17, 15) is 14.4 Å². The van der Waals surface area contributed by atoms with Gasteiger partial charge in [-0.05, 0) is 77.6 Å². The first-order chi connectivity index (χ1) is 20.3. The quantitative estimate of drug-likeness (QED) is 0.188. The first kappa shape index (κ1) is 27.2. The molecule has 3 N–H and O–H groups in total. The molecule has 0 radical (unpaired) electrons. The van der Waals surface area contributed by atoms with Gasteiger partial charge in [0.15, 0.2) is 0 Å². The Morgan fingerprint density at radius 2 is 1.74 bits per heavy atom. The van der Waals surface area contributed by atoms with Gasteiger partial charge in [-0.1, -0.05) is 42.5 Å². The molecule has 9 heteroatoms. The topological polar surface area (TPSA) is 118 Å². The van der Waals surface area contributed by atoms with E-state index in [0.29, 0.717) is 23.4 Å². The molecule has 0 aliphatic heterocycles. The van der Waals surface area contributed by atoms with Gasteiger partial charge in [0, 0.05) is 29.8 Å². The van der Waals surface area contributed by atoms with Crippen molar-refractivity contribution < 1.29 is 24.2 Å². The molecule has 1 aliphatic carbocycles. The number of carbonyl (C=O) groups is 3. The van der Waals surface area contributed by atoms with Crippen molar-refractivity contribution >= 4 is 45.2 Å². The van der Waals surface area contributed by atoms with E-state index in [-0.39, 0.29) is 13.0 Å². The Labute approximate surface area is 246 Å². The summed E-state index contributed by atoms with van der Waals surface area (Å²) < 4.78 is 6.84. The Balaban J connectivity index is 1.19. The number of hydrogen-bond acceptors (Lipinski definition) is 6. The minimum Gasteiger partial charge on any atom is -0.481 e. The van der Waals surface area contributed by atoms with Crippen molar-refractivity contribution in [2.45, 2.75) is 26.2 Å². The average molecular weight is 578 g/mol. The Morgan fingerprint density at radius 3 is 2.55 bits per heavy atom. The second-order valence-corrected chi connectivity index (χ2v) is 11.4. The maximum absolute atomic E-state index is 12.9. The molecule has 0 saturated carbocycles. The van der Waals surface area contributed by atoms with Gasteiger partial charge in [0.25, 0.3) is 5.91 Å². The van der Waals surface area contributed by atoms with Gasteiger partial charge in [-0.2, -0.15) is 0 Å². The Morgan fingerprint density at radius 1 is 0.952 bits per heavy atom. The third kappa shape index (κ3) is 5.73. The van der Waals surface area contributed by atoms with Gasteiger partial charge in [0.1, 0.15) is 5.75 Å². The molecule has 2 amide bonds. The molecule has 42 heavy (non-hydrogen) atoms. The first-order valence-corrected chi connectivity index (χ1v) is 14.3. The Kier molecular flexibility index (Phi) is 7.41. The van der Waals surface area contributed by atoms with E-state index in [2.05, 4.69) is 53.1 Å². The Bertz CT molecular complexity index is 1850. The highest BCUT2D eigenvalue weighted by Crippen LogP contribution is 2.38. The smallest absolute Gasteiger partial charge is 0.417 e. The summed E-state index contributed by atoms with van der Waals surface area (Å²) in [6, 6.07) is 25.0. The Hall–Kier alpha value is -5.02. The van der Waals surface area contributed by atoms with Crippen LogP contribution in [0.25, 0.3) is 21.3 Å². The highest BCUT2D eigenvalue weighted by Gasteiger charge is 2.20. The van der Waals surface area contributed by atoms with Gasteiger partial charge >= 0.3 is 12.1 Å². The number of carboxylic acids is 1. The van der Waals surface area contributed by atoms with Crippen LogP contribution in [0.5, 0.6) is 5.75 Å². The van der Waals surface area contributed by atoms with Crippen molar-refractivity contribution in [2.75, 3.05) is 11.9 Å². The molecule has 0 fully saturated rings. The number of carboxylic acid groups (broad SMARTS) is 1. The van der Waals surface area contributed by atoms with Crippen LogP contribution in [0.3, 0.4) is 0 Å². The van der Waals surface area contributed by atoms with Crippen molar-refractivity contribution in [3.63, 3.8) is 0 Å². The molecule has 1 aliphatic rings. The predicted molar refractivity (Wildman–Crippen MR) is 163 cm³/mol. The molecule has 5 aromatic rings. The summed E-state index contributed by atoms with van der Waals surface area (Å²) in [5.41, 5.74) is 8.74. The second-order valence-electron chi connectivity index (χ2n) is 10.1. The number of nitrogens with one attached hydrogen (secondary N) is 2. The number of carbonyl (C=O) groups excluding carboxylic acids is 2. The standard InChI is InChI=1S/C33H27N3O5S/c1-19-35-31-27(17-20-6-11-26-23(16-20)18-22-4-2-3-5-25(22)26)28(12-13-29(31)42-19)41-33(40)36-24-9-7-21(8-10-24)32(39)34-15-14-30(37)38/h2-13,16H,14-15,17-18H2,1H3,(H,34,39)(H,36,40)(H,37,38). The molecule has 0 saturated heterocycles. The van der Waals surface area contributed by atoms with Crippen LogP contribution in [0.2, 0.25) is 0 Å². The van der Waals surface area contributed by atoms with E-state index in [0.717, 1.165) is 32.8 Å². The molecule has 0 bridgehead atoms. The summed E-state index contributed by atoms with van der Waals surface area (Å²) in [7, 11) is 0. The van der Waals surface area contributed by atoms with Crippen molar-refractivity contribution in [1.29, 1.82) is 0 Å². The molecule has 8 nitrogen and oxygen atoms in total. The summed E-state index contributed by atoms with van der Waals surface area (Å²) in [4.78, 5) is 40.5. The molecule has 6 rings (SSSR count). The highest BCUT2D eigenvalue weighted by molar-refractivity contribution is 7.18. The van der Waals surface area contributed by atoms with Gasteiger partial charge < -0.3 is 15.2 Å². The zero-order valence-electron chi connectivity index (χ0n) is 22.8. The number of thiazole rings is 1. The van der Waals surface area contributed by atoms with E-state index in [1.54, 1.807) is 35.6 Å². The van der Waals surface area contributed by atoms with Crippen molar-refractivity contribution in [3.05, 3.63) is 112 Å². The number of aliphatic carboxylic acids is 1. The van der Waals surface area contributed by atoms with E-state index in [1.165, 1.54) is 22.3 Å². The van der Waals surface area contributed by atoms with Crippen LogP contribution >= 0.6 is 11.3 Å². The van der Waals surface area contributed by atoms with Crippen LogP contribution in [0.1, 0.15) is 44.0 Å². The number of aromatic nitrogens is 1. The van der Waals surface area contributed by atoms with Crippen LogP contribution in [0, 0.1) is 6.92 Å². The summed E-state index contributed by atoms with van der Waals surface area (Å²) >= 11 is 1.60. The van der Waals surface area contributed by atoms with E-state index in [1.807, 2.05) is 19.1 Å². The van der Waals surface area contributed by atoms with Gasteiger partial charge in [-0.25, -0.2) is 9.78 Å². The summed E-state index contributed by atoms with van der Waals surface area (Å²) in [6.07, 6.45) is 0.629. The fourth-order valence-corrected chi connectivity index (χ4v) is 6.11. The average Bonchev–Trinajstić information content (AvgIpc) is 3.53. The monoisotopic (exact) mass is 577 g/mol. The molecule has 0 atom stereocenters. The lowest BCUT2D eigenvalue weighted by Gasteiger charge is -2.13. The third-order valence-electron chi connectivity index (χ3n) is 7.19. The fraction of sp³-hybridized carbons (Fsp3) is 0.152. The number of anilines is 1. The molecular formula is C33H27N3O5S. The number of benzene rings is 4. The van der Waals surface area contributed by atoms with Crippen LogP contribution in [0.4, 0.5) is 10.5 Å². The number of rotatable bonds is 8. The van der Waals surface area contributed by atoms with Crippen LogP contribution in [-0.4, -0.2) is 34.6 Å². The van der Waals surface area contributed by atoms with Gasteiger partial charge in [-0.15, -0.1) is 11.3 Å². The number of aryl methyl sites for hydroxylation is 1. The SMILES string of the molecule is Cc1nc2c(Cc3ccc4c(c3)Cc3ccccc3-4)c(OC(=O)Nc3ccc(C(=O)NCCC(=O)O)cc3)ccc2s1. The predicted octanol–water partition coefficient (Wildman–Crippen LogP) is 6.58. The molecule has 210 valence electrons. The molecule has 1 heterocycles. The lowest BCUT2D eigenvalue weighted by molar-refractivity contribution is -0.136. The van der Waals surface area contributed by atoms with Crippen LogP contribution in [-0.2, 0) is 17.6 Å². The minimum atomic E-state index is -0.987. The first-order valence-electron chi connectivity index (χ1n) is 13.5. The zero-order chi connectivity index (χ0) is 29.2. The minimum absolute atomic E-state index is 0.0325. The number of nitrogens with zero attached hydrogens (tertiary/aromatic N) is 1. The van der Waals surface area contributed by atoms with Crippen molar-refractivity contribution in [1.82, 2.24) is 10.3 Å². The number of ether oxygens (including phenoxy) is 1. The number of fused-ring (bicyclic) bond motifs is 4. The fourth-order valence-electron chi connectivity index (χ4n) is 5.25. The second kappa shape index (κ2) is 11.5. The van der Waals surface area contributed by atoms with Gasteiger partial charge in [0.2, 0.25) is 0 Å². The summed E-state index contributed by atoms with van der Waals surface area (Å²) in [5, 5.41) is 14.9. The zero-order valence-corrected chi connectivity index (χ0v) is 23.6. The number of hydrogen-bond donors (Lipinski definition) is 3. The number of amides is 2. The summed E-state index contributed by atoms with van der Waals surface area (Å²) in [5.74, 6) is -0.945. The maximum Gasteiger partial charge on any atom is 0.417 e. The van der Waals surface area contributed by atoms with Gasteiger partial charge in [0.05, 0.1) is 21.6 Å². The van der Waals surface area contributed by atoms with Gasteiger partial charge in [-0.3, -0.25) is 14.9 Å². The van der Waals surface area contributed by atoms with E-state index >= 15 is 0 Å². The third-order valence-corrected chi connectivity index (χ3v) is 8.13. The normalized spacial score (nSPS) is 11.5. The van der Waals surface area contributed by atoms with E-state index in [4.69, 9.17) is 14.8 Å². The lowest BCUT2D eigenvalue weighted by Crippen LogP contribution is -2.26.